The molecule has 0 fully saturated rings. The van der Waals surface area contributed by atoms with Crippen LogP contribution in [-0.4, -0.2) is 22.1 Å². The van der Waals surface area contributed by atoms with Crippen molar-refractivity contribution in [3.8, 4) is 17.6 Å². The molecule has 2 heterocycles. The Bertz CT molecular complexity index is 1220. The highest BCUT2D eigenvalue weighted by Gasteiger charge is 2.16. The van der Waals surface area contributed by atoms with Crippen molar-refractivity contribution < 1.29 is 14.3 Å². The van der Waals surface area contributed by atoms with Gasteiger partial charge < -0.3 is 9.47 Å². The van der Waals surface area contributed by atoms with Gasteiger partial charge in [-0.1, -0.05) is 43.8 Å². The molecule has 156 valence electrons. The number of esters is 1. The van der Waals surface area contributed by atoms with Crippen LogP contribution in [0.4, 0.5) is 0 Å². The fourth-order valence-corrected chi connectivity index (χ4v) is 3.25. The van der Waals surface area contributed by atoms with Crippen LogP contribution in [0.15, 0.2) is 73.1 Å². The molecule has 31 heavy (non-hydrogen) atoms. The first kappa shape index (κ1) is 21.6. The lowest BCUT2D eigenvalue weighted by atomic mass is 10.1. The van der Waals surface area contributed by atoms with Gasteiger partial charge in [0.25, 0.3) is 0 Å². The lowest BCUT2D eigenvalue weighted by molar-refractivity contribution is 0.0526. The Balaban J connectivity index is 0.00000272. The van der Waals surface area contributed by atoms with Crippen LogP contribution >= 0.6 is 0 Å². The summed E-state index contributed by atoms with van der Waals surface area (Å²) in [5, 5.41) is 10.4. The molecular weight excluding hydrogens is 390 g/mol. The number of hydrogen-bond donors (Lipinski definition) is 0. The minimum Gasteiger partial charge on any atom is -0.488 e. The standard InChI is InChI=1S/C24H19N3O3.CH4/c1-2-29-24(28)18-11-12-22(26-14-18)27-15-19(13-25)23-20(27)9-6-10-21(23)30-16-17-7-4-3-5-8-17;/h3-12,14-15H,2,16H2,1H3;1H4. The summed E-state index contributed by atoms with van der Waals surface area (Å²) >= 11 is 0. The van der Waals surface area contributed by atoms with Crippen molar-refractivity contribution in [1.29, 1.82) is 5.26 Å². The van der Waals surface area contributed by atoms with Gasteiger partial charge in [-0.25, -0.2) is 9.78 Å². The highest BCUT2D eigenvalue weighted by molar-refractivity contribution is 5.93. The summed E-state index contributed by atoms with van der Waals surface area (Å²) in [5.74, 6) is 0.813. The maximum absolute atomic E-state index is 11.9. The van der Waals surface area contributed by atoms with Gasteiger partial charge in [-0.3, -0.25) is 4.57 Å². The van der Waals surface area contributed by atoms with Crippen LogP contribution < -0.4 is 4.74 Å². The van der Waals surface area contributed by atoms with E-state index in [0.29, 0.717) is 35.9 Å². The molecule has 0 radical (unpaired) electrons. The molecule has 2 aromatic carbocycles. The fraction of sp³-hybridized carbons (Fsp3) is 0.160. The minimum absolute atomic E-state index is 0. The van der Waals surface area contributed by atoms with Gasteiger partial charge in [0.05, 0.1) is 28.6 Å². The lowest BCUT2D eigenvalue weighted by Crippen LogP contribution is -2.06. The number of rotatable bonds is 6. The minimum atomic E-state index is -0.414. The van der Waals surface area contributed by atoms with E-state index in [4.69, 9.17) is 9.47 Å². The molecule has 6 nitrogen and oxygen atoms in total. The van der Waals surface area contributed by atoms with E-state index in [-0.39, 0.29) is 7.43 Å². The van der Waals surface area contributed by atoms with Gasteiger partial charge in [0.2, 0.25) is 0 Å². The number of aromatic nitrogens is 2. The predicted molar refractivity (Wildman–Crippen MR) is 119 cm³/mol. The molecule has 2 aromatic heterocycles. The highest BCUT2D eigenvalue weighted by atomic mass is 16.5. The molecule has 0 N–H and O–H groups in total. The number of nitrogens with zero attached hydrogens (tertiary/aromatic N) is 3. The lowest BCUT2D eigenvalue weighted by Gasteiger charge is -2.09. The van der Waals surface area contributed by atoms with Gasteiger partial charge in [0.15, 0.2) is 0 Å². The normalized spacial score (nSPS) is 10.2. The van der Waals surface area contributed by atoms with E-state index in [0.717, 1.165) is 16.5 Å². The quantitative estimate of drug-likeness (QED) is 0.402. The van der Waals surface area contributed by atoms with Crippen molar-refractivity contribution in [2.45, 2.75) is 21.0 Å². The summed E-state index contributed by atoms with van der Waals surface area (Å²) in [4.78, 5) is 16.2. The summed E-state index contributed by atoms with van der Waals surface area (Å²) in [6, 6.07) is 21.1. The smallest absolute Gasteiger partial charge is 0.339 e. The zero-order chi connectivity index (χ0) is 20.9. The zero-order valence-corrected chi connectivity index (χ0v) is 16.4. The van der Waals surface area contributed by atoms with Gasteiger partial charge in [-0.15, -0.1) is 0 Å². The average Bonchev–Trinajstić information content (AvgIpc) is 3.18. The topological polar surface area (TPSA) is 77.1 Å². The Labute approximate surface area is 181 Å². The van der Waals surface area contributed by atoms with E-state index < -0.39 is 5.97 Å². The van der Waals surface area contributed by atoms with Crippen molar-refractivity contribution >= 4 is 16.9 Å². The number of fused-ring (bicyclic) bond motifs is 1. The zero-order valence-electron chi connectivity index (χ0n) is 16.4. The Kier molecular flexibility index (Phi) is 6.68. The molecule has 0 amide bonds. The van der Waals surface area contributed by atoms with E-state index in [2.05, 4.69) is 11.1 Å². The molecule has 0 aliphatic carbocycles. The molecule has 0 aliphatic rings. The first-order valence-electron chi connectivity index (χ1n) is 9.55. The largest absolute Gasteiger partial charge is 0.488 e. The average molecular weight is 413 g/mol. The Morgan fingerprint density at radius 2 is 1.90 bits per heavy atom. The highest BCUT2D eigenvalue weighted by Crippen LogP contribution is 2.32. The van der Waals surface area contributed by atoms with Crippen molar-refractivity contribution in [2.75, 3.05) is 6.61 Å². The third kappa shape index (κ3) is 4.41. The SMILES string of the molecule is C.CCOC(=O)c1ccc(-n2cc(C#N)c3c(OCc4ccccc4)cccc32)nc1. The number of carbonyl (C=O) groups is 1. The number of ether oxygens (including phenoxy) is 2. The maximum Gasteiger partial charge on any atom is 0.339 e. The van der Waals surface area contributed by atoms with Crippen LogP contribution in [0.1, 0.15) is 35.8 Å². The van der Waals surface area contributed by atoms with Crippen molar-refractivity contribution in [3.05, 3.63) is 89.7 Å². The molecule has 0 aliphatic heterocycles. The second-order valence-electron chi connectivity index (χ2n) is 6.57. The molecule has 0 spiro atoms. The van der Waals surface area contributed by atoms with Crippen molar-refractivity contribution in [3.63, 3.8) is 0 Å². The molecular formula is C25H23N3O3. The van der Waals surface area contributed by atoms with Gasteiger partial charge in [0, 0.05) is 12.4 Å². The predicted octanol–water partition coefficient (Wildman–Crippen LogP) is 5.29. The Morgan fingerprint density at radius 1 is 1.10 bits per heavy atom. The van der Waals surface area contributed by atoms with Gasteiger partial charge in [0.1, 0.15) is 24.2 Å². The van der Waals surface area contributed by atoms with Crippen molar-refractivity contribution in [2.24, 2.45) is 0 Å². The van der Waals surface area contributed by atoms with Gasteiger partial charge in [-0.2, -0.15) is 5.26 Å². The molecule has 0 bridgehead atoms. The number of hydrogen-bond acceptors (Lipinski definition) is 5. The third-order valence-electron chi connectivity index (χ3n) is 4.65. The molecule has 0 atom stereocenters. The first-order valence-corrected chi connectivity index (χ1v) is 9.55. The Hall–Kier alpha value is -4.11. The first-order chi connectivity index (χ1) is 14.7. The molecule has 0 unspecified atom stereocenters. The summed E-state index contributed by atoms with van der Waals surface area (Å²) in [6.07, 6.45) is 3.20. The number of carbonyl (C=O) groups excluding carboxylic acids is 1. The van der Waals surface area contributed by atoms with E-state index >= 15 is 0 Å². The second-order valence-corrected chi connectivity index (χ2v) is 6.57. The van der Waals surface area contributed by atoms with Crippen LogP contribution in [-0.2, 0) is 11.3 Å². The Morgan fingerprint density at radius 3 is 2.58 bits per heavy atom. The van der Waals surface area contributed by atoms with E-state index in [9.17, 15) is 10.1 Å². The molecule has 0 saturated heterocycles. The fourth-order valence-electron chi connectivity index (χ4n) is 3.25. The second kappa shape index (κ2) is 9.59. The monoisotopic (exact) mass is 413 g/mol. The van der Waals surface area contributed by atoms with Gasteiger partial charge in [-0.05, 0) is 36.8 Å². The van der Waals surface area contributed by atoms with Gasteiger partial charge >= 0.3 is 5.97 Å². The third-order valence-corrected chi connectivity index (χ3v) is 4.65. The maximum atomic E-state index is 11.9. The summed E-state index contributed by atoms with van der Waals surface area (Å²) in [7, 11) is 0. The van der Waals surface area contributed by atoms with Crippen LogP contribution in [0.25, 0.3) is 16.7 Å². The van der Waals surface area contributed by atoms with Crippen LogP contribution in [0.3, 0.4) is 0 Å². The van der Waals surface area contributed by atoms with Crippen molar-refractivity contribution in [1.82, 2.24) is 9.55 Å². The van der Waals surface area contributed by atoms with E-state index in [1.165, 1.54) is 6.20 Å². The summed E-state index contributed by atoms with van der Waals surface area (Å²) < 4.78 is 12.8. The van der Waals surface area contributed by atoms with Crippen LogP contribution in [0, 0.1) is 11.3 Å². The number of pyridine rings is 1. The van der Waals surface area contributed by atoms with Crippen LogP contribution in [0.2, 0.25) is 0 Å². The molecule has 6 heteroatoms. The molecule has 4 rings (SSSR count). The molecule has 0 saturated carbocycles. The number of benzene rings is 2. The van der Waals surface area contributed by atoms with Crippen LogP contribution in [0.5, 0.6) is 5.75 Å². The summed E-state index contributed by atoms with van der Waals surface area (Å²) in [5.41, 5.74) is 2.71. The van der Waals surface area contributed by atoms with E-state index in [1.54, 1.807) is 25.3 Å². The summed E-state index contributed by atoms with van der Waals surface area (Å²) in [6.45, 7) is 2.47. The van der Waals surface area contributed by atoms with E-state index in [1.807, 2.05) is 53.1 Å². The number of nitriles is 1. The molecule has 4 aromatic rings.